The van der Waals surface area contributed by atoms with Gasteiger partial charge in [0.1, 0.15) is 0 Å². The van der Waals surface area contributed by atoms with Crippen molar-refractivity contribution >= 4 is 40.0 Å². The Labute approximate surface area is 119 Å². The Kier molecular flexibility index (Phi) is 6.57. The van der Waals surface area contributed by atoms with Gasteiger partial charge in [0.05, 0.1) is 5.75 Å². The minimum absolute atomic E-state index is 0.180. The third kappa shape index (κ3) is 6.97. The van der Waals surface area contributed by atoms with Crippen molar-refractivity contribution in [1.29, 1.82) is 0 Å². The van der Waals surface area contributed by atoms with E-state index in [9.17, 15) is 9.59 Å². The summed E-state index contributed by atoms with van der Waals surface area (Å²) in [5.41, 5.74) is 4.50. The van der Waals surface area contributed by atoms with E-state index in [0.717, 1.165) is 11.7 Å². The predicted octanol–water partition coefficient (Wildman–Crippen LogP) is 0.865. The molecule has 0 fully saturated rings. The van der Waals surface area contributed by atoms with E-state index in [1.165, 1.54) is 30.0 Å². The first kappa shape index (κ1) is 15.7. The number of amides is 2. The van der Waals surface area contributed by atoms with Crippen LogP contribution in [0.3, 0.4) is 0 Å². The number of carbonyl (C=O) groups is 2. The molecule has 0 unspecified atom stereocenters. The van der Waals surface area contributed by atoms with Crippen LogP contribution in [0, 0.1) is 5.92 Å². The maximum absolute atomic E-state index is 11.3. The summed E-state index contributed by atoms with van der Waals surface area (Å²) in [6.07, 6.45) is 0. The van der Waals surface area contributed by atoms with E-state index in [1.54, 1.807) is 0 Å². The predicted molar refractivity (Wildman–Crippen MR) is 75.9 cm³/mol. The fraction of sp³-hybridized carbons (Fsp3) is 0.600. The van der Waals surface area contributed by atoms with Crippen molar-refractivity contribution in [3.63, 3.8) is 0 Å². The second kappa shape index (κ2) is 7.95. The Bertz CT molecular complexity index is 435. The molecule has 0 aromatic carbocycles. The van der Waals surface area contributed by atoms with Crippen molar-refractivity contribution in [2.24, 2.45) is 5.92 Å². The zero-order valence-corrected chi connectivity index (χ0v) is 12.7. The molecule has 1 aromatic heterocycles. The summed E-state index contributed by atoms with van der Waals surface area (Å²) >= 11 is 2.68. The molecule has 1 heterocycles. The Morgan fingerprint density at radius 3 is 2.68 bits per heavy atom. The Balaban J connectivity index is 2.29. The standard InChI is InChI=1S/C10H17N5O2S2/c1-6(2)4-11-9-14-15-10(19-9)18-5-8(17)13-12-7(3)16/h6H,4-5H2,1-3H3,(H,11,14)(H,12,16)(H,13,17). The summed E-state index contributed by atoms with van der Waals surface area (Å²) in [7, 11) is 0. The largest absolute Gasteiger partial charge is 0.360 e. The number of carbonyl (C=O) groups excluding carboxylic acids is 2. The monoisotopic (exact) mass is 303 g/mol. The van der Waals surface area contributed by atoms with E-state index in [4.69, 9.17) is 0 Å². The molecule has 0 atom stereocenters. The highest BCUT2D eigenvalue weighted by atomic mass is 32.2. The smallest absolute Gasteiger partial charge is 0.248 e. The molecule has 2 amide bonds. The number of hydrogen-bond donors (Lipinski definition) is 3. The van der Waals surface area contributed by atoms with Gasteiger partial charge in [0.25, 0.3) is 0 Å². The second-order valence-corrected chi connectivity index (χ2v) is 6.37. The highest BCUT2D eigenvalue weighted by Crippen LogP contribution is 2.25. The minimum atomic E-state index is -0.311. The van der Waals surface area contributed by atoms with Gasteiger partial charge in [-0.2, -0.15) is 0 Å². The average molecular weight is 303 g/mol. The molecule has 0 aliphatic heterocycles. The van der Waals surface area contributed by atoms with E-state index < -0.39 is 0 Å². The third-order valence-electron chi connectivity index (χ3n) is 1.77. The van der Waals surface area contributed by atoms with Crippen molar-refractivity contribution in [2.45, 2.75) is 25.1 Å². The van der Waals surface area contributed by atoms with Gasteiger partial charge in [0, 0.05) is 13.5 Å². The van der Waals surface area contributed by atoms with Crippen molar-refractivity contribution in [2.75, 3.05) is 17.6 Å². The normalized spacial score (nSPS) is 10.3. The van der Waals surface area contributed by atoms with E-state index in [2.05, 4.69) is 40.2 Å². The Morgan fingerprint density at radius 1 is 1.32 bits per heavy atom. The number of anilines is 1. The van der Waals surface area contributed by atoms with Gasteiger partial charge in [-0.15, -0.1) is 10.2 Å². The first-order valence-electron chi connectivity index (χ1n) is 5.73. The van der Waals surface area contributed by atoms with Crippen molar-refractivity contribution in [1.82, 2.24) is 21.0 Å². The topological polar surface area (TPSA) is 96.0 Å². The van der Waals surface area contributed by atoms with Crippen LogP contribution >= 0.6 is 23.1 Å². The van der Waals surface area contributed by atoms with Crippen LogP contribution in [0.25, 0.3) is 0 Å². The fourth-order valence-electron chi connectivity index (χ4n) is 0.952. The number of hydrogen-bond acceptors (Lipinski definition) is 7. The zero-order valence-electron chi connectivity index (χ0n) is 11.0. The van der Waals surface area contributed by atoms with Crippen LogP contribution in [0.5, 0.6) is 0 Å². The molecular weight excluding hydrogens is 286 g/mol. The lowest BCUT2D eigenvalue weighted by Crippen LogP contribution is -2.41. The number of hydrazine groups is 1. The summed E-state index contributed by atoms with van der Waals surface area (Å²) in [4.78, 5) is 21.9. The number of nitrogens with zero attached hydrogens (tertiary/aromatic N) is 2. The molecule has 0 spiro atoms. The molecule has 0 saturated heterocycles. The highest BCUT2D eigenvalue weighted by Gasteiger charge is 2.08. The molecule has 0 radical (unpaired) electrons. The van der Waals surface area contributed by atoms with Crippen LogP contribution in [-0.2, 0) is 9.59 Å². The van der Waals surface area contributed by atoms with E-state index in [0.29, 0.717) is 10.3 Å². The van der Waals surface area contributed by atoms with Crippen molar-refractivity contribution in [3.05, 3.63) is 0 Å². The van der Waals surface area contributed by atoms with Gasteiger partial charge in [0.15, 0.2) is 4.34 Å². The average Bonchev–Trinajstić information content (AvgIpc) is 2.79. The van der Waals surface area contributed by atoms with E-state index in [-0.39, 0.29) is 17.6 Å². The van der Waals surface area contributed by atoms with Gasteiger partial charge in [-0.1, -0.05) is 36.9 Å². The number of thioether (sulfide) groups is 1. The summed E-state index contributed by atoms with van der Waals surface area (Å²) < 4.78 is 0.712. The van der Waals surface area contributed by atoms with Crippen molar-refractivity contribution in [3.8, 4) is 0 Å². The lowest BCUT2D eigenvalue weighted by molar-refractivity contribution is -0.126. The summed E-state index contributed by atoms with van der Waals surface area (Å²) in [5.74, 6) is 0.115. The van der Waals surface area contributed by atoms with Gasteiger partial charge in [-0.25, -0.2) is 0 Å². The molecule has 106 valence electrons. The third-order valence-corrected chi connectivity index (χ3v) is 3.79. The van der Waals surface area contributed by atoms with Crippen LogP contribution in [0.2, 0.25) is 0 Å². The van der Waals surface area contributed by atoms with Gasteiger partial charge in [0.2, 0.25) is 16.9 Å². The van der Waals surface area contributed by atoms with Crippen molar-refractivity contribution < 1.29 is 9.59 Å². The molecule has 19 heavy (non-hydrogen) atoms. The molecule has 9 heteroatoms. The second-order valence-electron chi connectivity index (χ2n) is 4.17. The lowest BCUT2D eigenvalue weighted by Gasteiger charge is -2.03. The van der Waals surface area contributed by atoms with Gasteiger partial charge in [-0.3, -0.25) is 20.4 Å². The van der Waals surface area contributed by atoms with E-state index >= 15 is 0 Å². The first-order chi connectivity index (χ1) is 8.97. The van der Waals surface area contributed by atoms with Gasteiger partial charge >= 0.3 is 0 Å². The summed E-state index contributed by atoms with van der Waals surface area (Å²) in [6, 6.07) is 0. The Morgan fingerprint density at radius 2 is 2.05 bits per heavy atom. The van der Waals surface area contributed by atoms with Crippen LogP contribution in [0.15, 0.2) is 4.34 Å². The number of aromatic nitrogens is 2. The van der Waals surface area contributed by atoms with Crippen LogP contribution < -0.4 is 16.2 Å². The van der Waals surface area contributed by atoms with Gasteiger partial charge < -0.3 is 5.32 Å². The summed E-state index contributed by atoms with van der Waals surface area (Å²) in [5, 5.41) is 11.9. The molecule has 0 aliphatic carbocycles. The first-order valence-corrected chi connectivity index (χ1v) is 7.53. The lowest BCUT2D eigenvalue weighted by atomic mass is 10.2. The molecule has 1 aromatic rings. The maximum Gasteiger partial charge on any atom is 0.248 e. The molecule has 3 N–H and O–H groups in total. The quantitative estimate of drug-likeness (QED) is 0.533. The molecule has 0 aliphatic rings. The zero-order chi connectivity index (χ0) is 14.3. The number of nitrogens with one attached hydrogen (secondary N) is 3. The van der Waals surface area contributed by atoms with E-state index in [1.807, 2.05) is 0 Å². The molecule has 0 saturated carbocycles. The van der Waals surface area contributed by atoms with Crippen LogP contribution in [-0.4, -0.2) is 34.3 Å². The molecule has 1 rings (SSSR count). The number of rotatable bonds is 6. The van der Waals surface area contributed by atoms with Crippen LogP contribution in [0.4, 0.5) is 5.13 Å². The minimum Gasteiger partial charge on any atom is -0.360 e. The molecule has 0 bridgehead atoms. The Hall–Kier alpha value is -1.35. The summed E-state index contributed by atoms with van der Waals surface area (Å²) in [6.45, 7) is 6.37. The maximum atomic E-state index is 11.3. The molecular formula is C10H17N5O2S2. The highest BCUT2D eigenvalue weighted by molar-refractivity contribution is 8.01. The van der Waals surface area contributed by atoms with Crippen LogP contribution in [0.1, 0.15) is 20.8 Å². The molecule has 7 nitrogen and oxygen atoms in total. The fourth-order valence-corrected chi connectivity index (χ4v) is 2.51. The van der Waals surface area contributed by atoms with Gasteiger partial charge in [-0.05, 0) is 5.92 Å². The SMILES string of the molecule is CC(=O)NNC(=O)CSc1nnc(NCC(C)C)s1.